The summed E-state index contributed by atoms with van der Waals surface area (Å²) in [7, 11) is 0. The average molecular weight is 441 g/mol. The van der Waals surface area contributed by atoms with Crippen molar-refractivity contribution < 1.29 is 4.79 Å². The first-order valence-corrected chi connectivity index (χ1v) is 11.1. The molecule has 5 heterocycles. The number of fused-ring (bicyclic) bond motifs is 3. The van der Waals surface area contributed by atoms with E-state index in [1.54, 1.807) is 24.1 Å². The summed E-state index contributed by atoms with van der Waals surface area (Å²) >= 11 is 0. The van der Waals surface area contributed by atoms with E-state index in [4.69, 9.17) is 4.98 Å². The topological polar surface area (TPSA) is 97.0 Å². The summed E-state index contributed by atoms with van der Waals surface area (Å²) in [5, 5.41) is 8.36. The van der Waals surface area contributed by atoms with E-state index in [9.17, 15) is 4.79 Å². The highest BCUT2D eigenvalue weighted by Gasteiger charge is 2.36. The molecule has 0 aliphatic carbocycles. The van der Waals surface area contributed by atoms with Crippen LogP contribution in [0.15, 0.2) is 55.1 Å². The van der Waals surface area contributed by atoms with E-state index in [1.165, 1.54) is 0 Å². The number of imidazole rings is 1. The number of hydrogen-bond donors (Lipinski definition) is 1. The Bertz CT molecular complexity index is 1450. The smallest absolute Gasteiger partial charge is 0.220 e. The van der Waals surface area contributed by atoms with Gasteiger partial charge in [0.15, 0.2) is 5.65 Å². The average Bonchev–Trinajstić information content (AvgIpc) is 3.59. The summed E-state index contributed by atoms with van der Waals surface area (Å²) in [5.41, 5.74) is 5.68. The SMILES string of the molecule is CC(=O)N1CC(C)CC1c1nc(-c2ccc(Cn3nccn3)cc2)c2cnc3[nH]ccc3n12. The van der Waals surface area contributed by atoms with Gasteiger partial charge in [0.2, 0.25) is 5.91 Å². The molecular formula is C24H24N8O. The Labute approximate surface area is 190 Å². The molecule has 9 heteroatoms. The monoisotopic (exact) mass is 440 g/mol. The summed E-state index contributed by atoms with van der Waals surface area (Å²) in [5.74, 6) is 1.39. The number of hydrogen-bond acceptors (Lipinski definition) is 5. The van der Waals surface area contributed by atoms with Crippen LogP contribution in [0.2, 0.25) is 0 Å². The minimum atomic E-state index is -0.0654. The molecule has 1 aliphatic heterocycles. The first-order chi connectivity index (χ1) is 16.1. The van der Waals surface area contributed by atoms with E-state index in [0.717, 1.165) is 52.3 Å². The Kier molecular flexibility index (Phi) is 4.49. The fourth-order valence-corrected chi connectivity index (χ4v) is 4.92. The molecule has 6 rings (SSSR count). The zero-order chi connectivity index (χ0) is 22.5. The van der Waals surface area contributed by atoms with Crippen molar-refractivity contribution in [3.05, 3.63) is 66.5 Å². The van der Waals surface area contributed by atoms with Crippen molar-refractivity contribution in [3.63, 3.8) is 0 Å². The second-order valence-corrected chi connectivity index (χ2v) is 8.79. The zero-order valence-corrected chi connectivity index (χ0v) is 18.5. The Balaban J connectivity index is 1.48. The van der Waals surface area contributed by atoms with Gasteiger partial charge in [0.05, 0.1) is 47.9 Å². The molecule has 0 radical (unpaired) electrons. The highest BCUT2D eigenvalue weighted by molar-refractivity contribution is 5.84. The highest BCUT2D eigenvalue weighted by Crippen LogP contribution is 2.38. The standard InChI is InChI=1S/C24H24N8O/c1-15-11-20(30(13-15)16(2)33)24-29-22(21-12-26-23-19(32(21)24)7-8-25-23)18-5-3-17(4-6-18)14-31-27-9-10-28-31/h3-10,12,15,20,25H,11,13-14H2,1-2H3. The van der Waals surface area contributed by atoms with Crippen molar-refractivity contribution in [3.8, 4) is 11.3 Å². The lowest BCUT2D eigenvalue weighted by Crippen LogP contribution is -2.29. The molecule has 2 atom stereocenters. The van der Waals surface area contributed by atoms with Gasteiger partial charge in [-0.15, -0.1) is 0 Å². The van der Waals surface area contributed by atoms with Crippen LogP contribution < -0.4 is 0 Å². The minimum Gasteiger partial charge on any atom is -0.345 e. The van der Waals surface area contributed by atoms with Gasteiger partial charge in [-0.2, -0.15) is 15.0 Å². The number of carbonyl (C=O) groups excluding carboxylic acids is 1. The summed E-state index contributed by atoms with van der Waals surface area (Å²) in [6.45, 7) is 5.19. The molecule has 9 nitrogen and oxygen atoms in total. The molecule has 2 unspecified atom stereocenters. The van der Waals surface area contributed by atoms with E-state index in [0.29, 0.717) is 12.5 Å². The van der Waals surface area contributed by atoms with Crippen molar-refractivity contribution in [2.45, 2.75) is 32.9 Å². The van der Waals surface area contributed by atoms with Crippen LogP contribution in [0.3, 0.4) is 0 Å². The van der Waals surface area contributed by atoms with Crippen molar-refractivity contribution in [1.82, 2.24) is 39.2 Å². The molecule has 0 bridgehead atoms. The van der Waals surface area contributed by atoms with Crippen molar-refractivity contribution in [2.24, 2.45) is 5.92 Å². The first-order valence-electron chi connectivity index (χ1n) is 11.1. The van der Waals surface area contributed by atoms with Crippen LogP contribution in [0, 0.1) is 5.92 Å². The number of carbonyl (C=O) groups is 1. The molecular weight excluding hydrogens is 416 g/mol. The molecule has 1 aliphatic rings. The summed E-state index contributed by atoms with van der Waals surface area (Å²) in [4.78, 5) is 29.0. The first kappa shape index (κ1) is 19.7. The maximum Gasteiger partial charge on any atom is 0.220 e. The second kappa shape index (κ2) is 7.54. The molecule has 1 N–H and O–H groups in total. The molecule has 1 fully saturated rings. The molecule has 4 aromatic heterocycles. The molecule has 1 saturated heterocycles. The van der Waals surface area contributed by atoms with Gasteiger partial charge in [-0.05, 0) is 24.0 Å². The molecule has 1 aromatic carbocycles. The molecule has 33 heavy (non-hydrogen) atoms. The fourth-order valence-electron chi connectivity index (χ4n) is 4.92. The Morgan fingerprint density at radius 2 is 1.91 bits per heavy atom. The Hall–Kier alpha value is -4.01. The number of rotatable bonds is 4. The molecule has 0 spiro atoms. The van der Waals surface area contributed by atoms with Gasteiger partial charge in [-0.25, -0.2) is 9.97 Å². The third kappa shape index (κ3) is 3.27. The number of aromatic nitrogens is 7. The van der Waals surface area contributed by atoms with Gasteiger partial charge in [-0.3, -0.25) is 9.20 Å². The van der Waals surface area contributed by atoms with Crippen LogP contribution in [0.25, 0.3) is 27.9 Å². The lowest BCUT2D eigenvalue weighted by atomic mass is 10.1. The van der Waals surface area contributed by atoms with Crippen LogP contribution in [-0.4, -0.2) is 51.7 Å². The zero-order valence-electron chi connectivity index (χ0n) is 18.5. The van der Waals surface area contributed by atoms with E-state index in [2.05, 4.69) is 55.8 Å². The number of benzene rings is 1. The number of amides is 1. The van der Waals surface area contributed by atoms with Gasteiger partial charge < -0.3 is 9.88 Å². The third-order valence-corrected chi connectivity index (χ3v) is 6.43. The number of nitrogens with zero attached hydrogens (tertiary/aromatic N) is 7. The second-order valence-electron chi connectivity index (χ2n) is 8.79. The quantitative estimate of drug-likeness (QED) is 0.462. The van der Waals surface area contributed by atoms with E-state index >= 15 is 0 Å². The van der Waals surface area contributed by atoms with Crippen LogP contribution in [0.4, 0.5) is 0 Å². The lowest BCUT2D eigenvalue weighted by molar-refractivity contribution is -0.130. The van der Waals surface area contributed by atoms with Gasteiger partial charge >= 0.3 is 0 Å². The van der Waals surface area contributed by atoms with Crippen LogP contribution in [0.1, 0.15) is 37.7 Å². The van der Waals surface area contributed by atoms with Crippen molar-refractivity contribution in [2.75, 3.05) is 6.54 Å². The van der Waals surface area contributed by atoms with Crippen LogP contribution in [0.5, 0.6) is 0 Å². The van der Waals surface area contributed by atoms with E-state index in [1.807, 2.05) is 23.4 Å². The van der Waals surface area contributed by atoms with Crippen LogP contribution in [-0.2, 0) is 11.3 Å². The number of H-pyrrole nitrogens is 1. The largest absolute Gasteiger partial charge is 0.345 e. The lowest BCUT2D eigenvalue weighted by Gasteiger charge is -2.22. The normalized spacial score (nSPS) is 18.5. The van der Waals surface area contributed by atoms with Crippen molar-refractivity contribution in [1.29, 1.82) is 0 Å². The molecule has 5 aromatic rings. The van der Waals surface area contributed by atoms with Gasteiger partial charge in [0, 0.05) is 25.2 Å². The van der Waals surface area contributed by atoms with Gasteiger partial charge in [-0.1, -0.05) is 31.2 Å². The van der Waals surface area contributed by atoms with E-state index in [-0.39, 0.29) is 11.9 Å². The van der Waals surface area contributed by atoms with Crippen LogP contribution >= 0.6 is 0 Å². The Morgan fingerprint density at radius 3 is 2.67 bits per heavy atom. The number of likely N-dealkylation sites (tertiary alicyclic amines) is 1. The predicted octanol–water partition coefficient (Wildman–Crippen LogP) is 3.45. The predicted molar refractivity (Wildman–Crippen MR) is 123 cm³/mol. The maximum absolute atomic E-state index is 12.4. The summed E-state index contributed by atoms with van der Waals surface area (Å²) < 4.78 is 2.16. The third-order valence-electron chi connectivity index (χ3n) is 6.43. The van der Waals surface area contributed by atoms with Gasteiger partial charge in [0.1, 0.15) is 5.82 Å². The minimum absolute atomic E-state index is 0.0654. The van der Waals surface area contributed by atoms with Crippen molar-refractivity contribution >= 4 is 22.6 Å². The molecule has 1 amide bonds. The Morgan fingerprint density at radius 1 is 1.12 bits per heavy atom. The fraction of sp³-hybridized carbons (Fsp3) is 0.292. The summed E-state index contributed by atoms with van der Waals surface area (Å²) in [6, 6.07) is 10.3. The molecule has 0 saturated carbocycles. The van der Waals surface area contributed by atoms with E-state index < -0.39 is 0 Å². The summed E-state index contributed by atoms with van der Waals surface area (Å²) in [6.07, 6.45) is 8.00. The maximum atomic E-state index is 12.4. The van der Waals surface area contributed by atoms with Gasteiger partial charge in [0.25, 0.3) is 0 Å². The molecule has 166 valence electrons. The number of nitrogens with one attached hydrogen (secondary N) is 1. The highest BCUT2D eigenvalue weighted by atomic mass is 16.2. The number of aromatic amines is 1.